The second-order valence-electron chi connectivity index (χ2n) is 5.28. The standard InChI is InChI=1S/C17H18FNO/c1-12(20)15-9-4-5-10-16(15)19-14-8-6-7-13(11-14)17(2,3)18/h4-11,19H,1-3H3. The highest BCUT2D eigenvalue weighted by Gasteiger charge is 2.18. The molecule has 0 aliphatic heterocycles. The van der Waals surface area contributed by atoms with E-state index in [1.54, 1.807) is 24.3 Å². The van der Waals surface area contributed by atoms with Gasteiger partial charge in [-0.2, -0.15) is 0 Å². The van der Waals surface area contributed by atoms with Gasteiger partial charge in [0.25, 0.3) is 0 Å². The van der Waals surface area contributed by atoms with Gasteiger partial charge in [-0.25, -0.2) is 4.39 Å². The van der Waals surface area contributed by atoms with E-state index in [0.717, 1.165) is 11.4 Å². The van der Waals surface area contributed by atoms with Crippen molar-refractivity contribution in [1.82, 2.24) is 0 Å². The van der Waals surface area contributed by atoms with Crippen LogP contribution in [0.2, 0.25) is 0 Å². The third-order valence-electron chi connectivity index (χ3n) is 3.13. The fraction of sp³-hybridized carbons (Fsp3) is 0.235. The van der Waals surface area contributed by atoms with Gasteiger partial charge in [0.1, 0.15) is 5.67 Å². The molecule has 0 aromatic heterocycles. The smallest absolute Gasteiger partial charge is 0.161 e. The minimum absolute atomic E-state index is 0.00456. The molecule has 2 rings (SSSR count). The summed E-state index contributed by atoms with van der Waals surface area (Å²) in [6.07, 6.45) is 0. The van der Waals surface area contributed by atoms with Gasteiger partial charge in [0.05, 0.1) is 0 Å². The summed E-state index contributed by atoms with van der Waals surface area (Å²) in [5.41, 5.74) is 1.33. The summed E-state index contributed by atoms with van der Waals surface area (Å²) in [6.45, 7) is 4.58. The highest BCUT2D eigenvalue weighted by molar-refractivity contribution is 6.00. The predicted octanol–water partition coefficient (Wildman–Crippen LogP) is 4.84. The molecular weight excluding hydrogens is 253 g/mol. The number of benzene rings is 2. The number of carbonyl (C=O) groups is 1. The highest BCUT2D eigenvalue weighted by Crippen LogP contribution is 2.28. The molecule has 20 heavy (non-hydrogen) atoms. The molecule has 0 fully saturated rings. The van der Waals surface area contributed by atoms with Crippen LogP contribution >= 0.6 is 0 Å². The van der Waals surface area contributed by atoms with Crippen molar-refractivity contribution in [2.75, 3.05) is 5.32 Å². The van der Waals surface area contributed by atoms with E-state index >= 15 is 0 Å². The quantitative estimate of drug-likeness (QED) is 0.806. The van der Waals surface area contributed by atoms with Crippen LogP contribution in [0.5, 0.6) is 0 Å². The van der Waals surface area contributed by atoms with Crippen LogP contribution in [0.4, 0.5) is 15.8 Å². The number of alkyl halides is 1. The van der Waals surface area contributed by atoms with E-state index in [1.807, 2.05) is 24.3 Å². The molecule has 2 nitrogen and oxygen atoms in total. The molecule has 0 radical (unpaired) electrons. The summed E-state index contributed by atoms with van der Waals surface area (Å²) < 4.78 is 14.0. The predicted molar refractivity (Wildman–Crippen MR) is 80.3 cm³/mol. The molecule has 2 aromatic rings. The Kier molecular flexibility index (Phi) is 3.89. The number of carbonyl (C=O) groups excluding carboxylic acids is 1. The van der Waals surface area contributed by atoms with E-state index in [0.29, 0.717) is 11.1 Å². The Bertz CT molecular complexity index is 629. The average molecular weight is 271 g/mol. The maximum absolute atomic E-state index is 14.0. The zero-order chi connectivity index (χ0) is 14.8. The Morgan fingerprint density at radius 3 is 2.45 bits per heavy atom. The van der Waals surface area contributed by atoms with Gasteiger partial charge in [-0.3, -0.25) is 4.79 Å². The van der Waals surface area contributed by atoms with Crippen LogP contribution in [-0.2, 0) is 5.67 Å². The van der Waals surface area contributed by atoms with Crippen molar-refractivity contribution in [2.24, 2.45) is 0 Å². The number of nitrogens with one attached hydrogen (secondary N) is 1. The van der Waals surface area contributed by atoms with Crippen LogP contribution in [0.15, 0.2) is 48.5 Å². The van der Waals surface area contributed by atoms with E-state index in [2.05, 4.69) is 5.32 Å². The Labute approximate surface area is 118 Å². The lowest BCUT2D eigenvalue weighted by atomic mass is 9.99. The number of ketones is 1. The second kappa shape index (κ2) is 5.45. The summed E-state index contributed by atoms with van der Waals surface area (Å²) in [6, 6.07) is 14.5. The maximum atomic E-state index is 14.0. The van der Waals surface area contributed by atoms with E-state index in [1.165, 1.54) is 20.8 Å². The Morgan fingerprint density at radius 2 is 1.80 bits per heavy atom. The Morgan fingerprint density at radius 1 is 1.10 bits per heavy atom. The molecule has 0 saturated carbocycles. The van der Waals surface area contributed by atoms with Crippen LogP contribution < -0.4 is 5.32 Å². The summed E-state index contributed by atoms with van der Waals surface area (Å²) in [4.78, 5) is 11.6. The fourth-order valence-corrected chi connectivity index (χ4v) is 2.02. The van der Waals surface area contributed by atoms with Crippen LogP contribution in [0.25, 0.3) is 0 Å². The largest absolute Gasteiger partial charge is 0.355 e. The first kappa shape index (κ1) is 14.3. The van der Waals surface area contributed by atoms with Crippen LogP contribution in [-0.4, -0.2) is 5.78 Å². The molecule has 0 bridgehead atoms. The normalized spacial score (nSPS) is 11.2. The molecule has 0 aliphatic carbocycles. The van der Waals surface area contributed by atoms with Gasteiger partial charge in [-0.15, -0.1) is 0 Å². The van der Waals surface area contributed by atoms with Crippen molar-refractivity contribution >= 4 is 17.2 Å². The summed E-state index contributed by atoms with van der Waals surface area (Å²) in [5, 5.41) is 3.18. The van der Waals surface area contributed by atoms with Gasteiger partial charge in [0, 0.05) is 16.9 Å². The molecule has 0 aliphatic rings. The lowest BCUT2D eigenvalue weighted by molar-refractivity contribution is 0.101. The van der Waals surface area contributed by atoms with Crippen molar-refractivity contribution in [3.05, 3.63) is 59.7 Å². The molecule has 0 unspecified atom stereocenters. The number of halogens is 1. The topological polar surface area (TPSA) is 29.1 Å². The number of hydrogen-bond donors (Lipinski definition) is 1. The van der Waals surface area contributed by atoms with Gasteiger partial charge in [0.2, 0.25) is 0 Å². The molecule has 0 spiro atoms. The highest BCUT2D eigenvalue weighted by atomic mass is 19.1. The van der Waals surface area contributed by atoms with Crippen molar-refractivity contribution in [3.8, 4) is 0 Å². The molecule has 104 valence electrons. The maximum Gasteiger partial charge on any atom is 0.161 e. The molecule has 1 N–H and O–H groups in total. The molecule has 3 heteroatoms. The number of hydrogen-bond acceptors (Lipinski definition) is 2. The molecule has 0 saturated heterocycles. The van der Waals surface area contributed by atoms with E-state index in [9.17, 15) is 9.18 Å². The number of Topliss-reactive ketones (excluding diaryl/α,β-unsaturated/α-hetero) is 1. The van der Waals surface area contributed by atoms with Crippen LogP contribution in [0, 0.1) is 0 Å². The lowest BCUT2D eigenvalue weighted by Crippen LogP contribution is -2.09. The van der Waals surface area contributed by atoms with E-state index in [4.69, 9.17) is 0 Å². The zero-order valence-corrected chi connectivity index (χ0v) is 11.9. The first-order chi connectivity index (χ1) is 9.38. The SMILES string of the molecule is CC(=O)c1ccccc1Nc1cccc(C(C)(C)F)c1. The first-order valence-electron chi connectivity index (χ1n) is 6.54. The minimum atomic E-state index is -1.39. The van der Waals surface area contributed by atoms with Gasteiger partial charge in [-0.05, 0) is 50.6 Å². The van der Waals surface area contributed by atoms with E-state index in [-0.39, 0.29) is 5.78 Å². The van der Waals surface area contributed by atoms with Crippen LogP contribution in [0.3, 0.4) is 0 Å². The molecule has 0 atom stereocenters. The van der Waals surface area contributed by atoms with Gasteiger partial charge < -0.3 is 5.32 Å². The molecule has 0 amide bonds. The van der Waals surface area contributed by atoms with Crippen molar-refractivity contribution in [3.63, 3.8) is 0 Å². The summed E-state index contributed by atoms with van der Waals surface area (Å²) in [5.74, 6) is -0.00456. The number of anilines is 2. The van der Waals surface area contributed by atoms with Crippen molar-refractivity contribution in [1.29, 1.82) is 0 Å². The number of rotatable bonds is 4. The molecule has 0 heterocycles. The van der Waals surface area contributed by atoms with Crippen molar-refractivity contribution in [2.45, 2.75) is 26.4 Å². The van der Waals surface area contributed by atoms with Gasteiger partial charge in [-0.1, -0.05) is 24.3 Å². The van der Waals surface area contributed by atoms with E-state index < -0.39 is 5.67 Å². The summed E-state index contributed by atoms with van der Waals surface area (Å²) >= 11 is 0. The Hall–Kier alpha value is -2.16. The third-order valence-corrected chi connectivity index (χ3v) is 3.13. The zero-order valence-electron chi connectivity index (χ0n) is 11.9. The Balaban J connectivity index is 2.34. The fourth-order valence-electron chi connectivity index (χ4n) is 2.02. The summed E-state index contributed by atoms with van der Waals surface area (Å²) in [7, 11) is 0. The molecular formula is C17H18FNO. The lowest BCUT2D eigenvalue weighted by Gasteiger charge is -2.17. The van der Waals surface area contributed by atoms with Crippen molar-refractivity contribution < 1.29 is 9.18 Å². The second-order valence-corrected chi connectivity index (χ2v) is 5.28. The third kappa shape index (κ3) is 3.23. The van der Waals surface area contributed by atoms with Gasteiger partial charge >= 0.3 is 0 Å². The van der Waals surface area contributed by atoms with Crippen LogP contribution in [0.1, 0.15) is 36.7 Å². The minimum Gasteiger partial charge on any atom is -0.355 e. The number of para-hydroxylation sites is 1. The van der Waals surface area contributed by atoms with Gasteiger partial charge in [0.15, 0.2) is 5.78 Å². The first-order valence-corrected chi connectivity index (χ1v) is 6.54. The average Bonchev–Trinajstić information content (AvgIpc) is 2.38. The monoisotopic (exact) mass is 271 g/mol. The molecule has 2 aromatic carbocycles.